The third kappa shape index (κ3) is 1.72. The molecular weight excluding hydrogens is 374 g/mol. The van der Waals surface area contributed by atoms with Crippen LogP contribution in [0.25, 0.3) is 0 Å². The first-order valence-electron chi connectivity index (χ1n) is 8.97. The Morgan fingerprint density at radius 2 is 1.93 bits per heavy atom. The second-order valence-electron chi connectivity index (χ2n) is 7.84. The van der Waals surface area contributed by atoms with Crippen LogP contribution in [0.4, 0.5) is 0 Å². The topological polar surface area (TPSA) is 85.3 Å². The molecule has 4 rings (SSSR count). The number of hydrogen-bond acceptors (Lipinski definition) is 7. The number of aliphatic hydroxyl groups is 1. The number of Topliss-reactive ketones (excluding diaryl/α,β-unsaturated/α-hetero) is 1. The van der Waals surface area contributed by atoms with Crippen molar-refractivity contribution in [3.8, 4) is 0 Å². The Labute approximate surface area is 162 Å². The molecule has 27 heavy (non-hydrogen) atoms. The minimum absolute atomic E-state index is 0.0597. The van der Waals surface area contributed by atoms with Gasteiger partial charge in [-0.15, -0.1) is 11.6 Å². The highest BCUT2D eigenvalue weighted by atomic mass is 35.5. The lowest BCUT2D eigenvalue weighted by Crippen LogP contribution is -2.63. The predicted octanol–water partition coefficient (Wildman–Crippen LogP) is 0.996. The molecular formula is C19H24ClNO6. The monoisotopic (exact) mass is 397 g/mol. The number of ether oxygens (including phenoxy) is 3. The summed E-state index contributed by atoms with van der Waals surface area (Å²) in [6.07, 6.45) is 1.08. The zero-order valence-electron chi connectivity index (χ0n) is 15.9. The fraction of sp³-hybridized carbons (Fsp3) is 0.684. The van der Waals surface area contributed by atoms with Crippen molar-refractivity contribution < 1.29 is 28.9 Å². The van der Waals surface area contributed by atoms with E-state index in [0.717, 1.165) is 0 Å². The number of carbonyl (C=O) groups excluding carboxylic acids is 2. The summed E-state index contributed by atoms with van der Waals surface area (Å²) >= 11 is 6.85. The molecule has 148 valence electrons. The molecule has 0 aromatic rings. The number of aliphatic hydroxyl groups excluding tert-OH is 1. The van der Waals surface area contributed by atoms with Crippen LogP contribution < -0.4 is 0 Å². The number of alkyl halides is 1. The Morgan fingerprint density at radius 3 is 2.48 bits per heavy atom. The summed E-state index contributed by atoms with van der Waals surface area (Å²) < 4.78 is 16.4. The minimum atomic E-state index is -1.34. The van der Waals surface area contributed by atoms with Gasteiger partial charge < -0.3 is 19.3 Å². The Kier molecular flexibility index (Phi) is 3.98. The zero-order chi connectivity index (χ0) is 19.8. The number of halogens is 1. The van der Waals surface area contributed by atoms with Crippen molar-refractivity contribution in [2.45, 2.75) is 36.3 Å². The van der Waals surface area contributed by atoms with Crippen molar-refractivity contribution in [3.63, 3.8) is 0 Å². The maximum Gasteiger partial charge on any atom is 0.201 e. The van der Waals surface area contributed by atoms with Gasteiger partial charge in [0.25, 0.3) is 0 Å². The van der Waals surface area contributed by atoms with Crippen molar-refractivity contribution in [1.82, 2.24) is 4.90 Å². The molecule has 1 aliphatic heterocycles. The third-order valence-electron chi connectivity index (χ3n) is 7.40. The summed E-state index contributed by atoms with van der Waals surface area (Å²) in [7, 11) is 6.29. The number of methoxy groups -OCH3 is 3. The molecule has 3 aliphatic carbocycles. The Hall–Kier alpha value is -1.57. The van der Waals surface area contributed by atoms with Crippen molar-refractivity contribution in [1.29, 1.82) is 0 Å². The molecule has 1 saturated heterocycles. The fourth-order valence-corrected chi connectivity index (χ4v) is 7.08. The van der Waals surface area contributed by atoms with E-state index in [9.17, 15) is 14.7 Å². The van der Waals surface area contributed by atoms with E-state index >= 15 is 0 Å². The first-order valence-corrected chi connectivity index (χ1v) is 9.41. The molecule has 1 N–H and O–H groups in total. The quantitative estimate of drug-likeness (QED) is 0.711. The second kappa shape index (κ2) is 5.72. The average molecular weight is 398 g/mol. The van der Waals surface area contributed by atoms with Gasteiger partial charge in [-0.2, -0.15) is 0 Å². The van der Waals surface area contributed by atoms with Gasteiger partial charge in [0.15, 0.2) is 11.5 Å². The molecule has 7 nitrogen and oxygen atoms in total. The summed E-state index contributed by atoms with van der Waals surface area (Å²) in [6, 6.07) is 0. The van der Waals surface area contributed by atoms with E-state index in [4.69, 9.17) is 25.8 Å². The molecule has 0 radical (unpaired) electrons. The highest BCUT2D eigenvalue weighted by molar-refractivity contribution is 6.25. The minimum Gasteiger partial charge on any atom is -0.498 e. The van der Waals surface area contributed by atoms with Gasteiger partial charge in [0, 0.05) is 17.9 Å². The van der Waals surface area contributed by atoms with Crippen LogP contribution in [0, 0.1) is 10.8 Å². The molecule has 1 spiro atoms. The number of hydrogen-bond donors (Lipinski definition) is 1. The van der Waals surface area contributed by atoms with Crippen LogP contribution in [0.5, 0.6) is 0 Å². The van der Waals surface area contributed by atoms with Crippen LogP contribution >= 0.6 is 11.6 Å². The number of likely N-dealkylation sites (N-methyl/N-ethyl adjacent to an activating group) is 1. The van der Waals surface area contributed by atoms with Crippen LogP contribution in [0.2, 0.25) is 0 Å². The first kappa shape index (κ1) is 18.8. The first-order chi connectivity index (χ1) is 12.8. The normalized spacial score (nSPS) is 43.9. The van der Waals surface area contributed by atoms with Crippen molar-refractivity contribution >= 4 is 23.2 Å². The smallest absolute Gasteiger partial charge is 0.201 e. The van der Waals surface area contributed by atoms with Crippen LogP contribution in [-0.2, 0) is 23.8 Å². The average Bonchev–Trinajstić information content (AvgIpc) is 3.15. The van der Waals surface area contributed by atoms with Crippen LogP contribution in [-0.4, -0.2) is 73.5 Å². The largest absolute Gasteiger partial charge is 0.498 e. The molecule has 0 aromatic carbocycles. The van der Waals surface area contributed by atoms with Gasteiger partial charge in [-0.05, 0) is 26.4 Å². The predicted molar refractivity (Wildman–Crippen MR) is 95.9 cm³/mol. The van der Waals surface area contributed by atoms with Crippen molar-refractivity contribution in [2.75, 3.05) is 34.9 Å². The summed E-state index contributed by atoms with van der Waals surface area (Å²) in [4.78, 5) is 28.4. The van der Waals surface area contributed by atoms with E-state index in [1.165, 1.54) is 27.4 Å². The Bertz CT molecular complexity index is 793. The number of ketones is 2. The van der Waals surface area contributed by atoms with E-state index in [0.29, 0.717) is 25.1 Å². The molecule has 5 atom stereocenters. The fourth-order valence-electron chi connectivity index (χ4n) is 6.42. The van der Waals surface area contributed by atoms with E-state index in [2.05, 4.69) is 4.90 Å². The van der Waals surface area contributed by atoms with Crippen molar-refractivity contribution in [3.05, 3.63) is 23.4 Å². The molecule has 0 amide bonds. The molecule has 8 heteroatoms. The molecule has 2 fully saturated rings. The summed E-state index contributed by atoms with van der Waals surface area (Å²) in [5.41, 5.74) is -3.05. The zero-order valence-corrected chi connectivity index (χ0v) is 16.6. The number of likely N-dealkylation sites (tertiary alicyclic amines) is 1. The summed E-state index contributed by atoms with van der Waals surface area (Å²) in [5.74, 6) is 0.236. The second-order valence-corrected chi connectivity index (χ2v) is 8.37. The summed E-state index contributed by atoms with van der Waals surface area (Å²) in [5, 5.41) is 10.5. The number of allylic oxidation sites excluding steroid dienone is 2. The Balaban J connectivity index is 2.04. The van der Waals surface area contributed by atoms with Crippen molar-refractivity contribution in [2.24, 2.45) is 10.8 Å². The lowest BCUT2D eigenvalue weighted by Gasteiger charge is -2.53. The maximum absolute atomic E-state index is 13.3. The van der Waals surface area contributed by atoms with Gasteiger partial charge in [0.1, 0.15) is 11.9 Å². The number of carbonyl (C=O) groups is 2. The highest BCUT2D eigenvalue weighted by Crippen LogP contribution is 2.74. The van der Waals surface area contributed by atoms with E-state index in [-0.39, 0.29) is 29.5 Å². The van der Waals surface area contributed by atoms with E-state index in [1.807, 2.05) is 7.05 Å². The molecule has 4 unspecified atom stereocenters. The van der Waals surface area contributed by atoms with E-state index < -0.39 is 27.8 Å². The van der Waals surface area contributed by atoms with Gasteiger partial charge in [0.2, 0.25) is 11.5 Å². The van der Waals surface area contributed by atoms with Crippen LogP contribution in [0.3, 0.4) is 0 Å². The lowest BCUT2D eigenvalue weighted by atomic mass is 9.52. The lowest BCUT2D eigenvalue weighted by molar-refractivity contribution is -0.148. The summed E-state index contributed by atoms with van der Waals surface area (Å²) in [6.45, 7) is 0.644. The number of rotatable bonds is 3. The maximum atomic E-state index is 13.3. The molecule has 1 saturated carbocycles. The third-order valence-corrected chi connectivity index (χ3v) is 7.90. The van der Waals surface area contributed by atoms with E-state index in [1.54, 1.807) is 0 Å². The number of nitrogens with zero attached hydrogens (tertiary/aromatic N) is 1. The highest BCUT2D eigenvalue weighted by Gasteiger charge is 2.83. The van der Waals surface area contributed by atoms with Gasteiger partial charge >= 0.3 is 0 Å². The van der Waals surface area contributed by atoms with Crippen LogP contribution in [0.15, 0.2) is 23.4 Å². The van der Waals surface area contributed by atoms with Gasteiger partial charge in [-0.1, -0.05) is 0 Å². The van der Waals surface area contributed by atoms with Crippen LogP contribution in [0.1, 0.15) is 19.3 Å². The Morgan fingerprint density at radius 1 is 1.22 bits per heavy atom. The van der Waals surface area contributed by atoms with Gasteiger partial charge in [-0.25, -0.2) is 0 Å². The molecule has 0 bridgehead atoms. The van der Waals surface area contributed by atoms with Gasteiger partial charge in [-0.3, -0.25) is 14.5 Å². The van der Waals surface area contributed by atoms with Gasteiger partial charge in [0.05, 0.1) is 37.7 Å². The SMILES string of the molecule is COC1=CC(=O)C2(C1O)[C@@H](Cl)CC13C(OC)=C(OC)C(=O)CC21CCN3C. The molecule has 1 heterocycles. The molecule has 4 aliphatic rings. The standard InChI is InChI=1S/C19H24ClNO6/c1-21-6-5-17-8-10(22)14(26-3)16(27-4)18(17,21)9-12(20)19(17)13(23)7-11(25-2)15(19)24/h7,12,15,24H,5-6,8-9H2,1-4H3/t12-,15?,17?,18?,19?/m0/s1. The molecule has 0 aromatic heterocycles.